The van der Waals surface area contributed by atoms with E-state index in [1.165, 1.54) is 26.4 Å². The minimum atomic E-state index is -0.463. The largest absolute Gasteiger partial charge is 0.464 e. The Morgan fingerprint density at radius 3 is 2.61 bits per heavy atom. The fraction of sp³-hybridized carbons (Fsp3) is 0.536. The van der Waals surface area contributed by atoms with Crippen LogP contribution in [-0.2, 0) is 4.74 Å². The third kappa shape index (κ3) is 5.04. The fourth-order valence-electron chi connectivity index (χ4n) is 5.53. The van der Waals surface area contributed by atoms with E-state index in [4.69, 9.17) is 4.74 Å². The van der Waals surface area contributed by atoms with Crippen LogP contribution in [0, 0.1) is 12.3 Å². The molecule has 10 nitrogen and oxygen atoms in total. The van der Waals surface area contributed by atoms with Crippen LogP contribution in [0.4, 0.5) is 11.5 Å². The van der Waals surface area contributed by atoms with Crippen LogP contribution in [0.2, 0.25) is 0 Å². The molecule has 0 aromatic carbocycles. The van der Waals surface area contributed by atoms with Gasteiger partial charge >= 0.3 is 5.97 Å². The summed E-state index contributed by atoms with van der Waals surface area (Å²) in [4.78, 5) is 40.4. The quantitative estimate of drug-likeness (QED) is 0.375. The molecule has 1 saturated carbocycles. The van der Waals surface area contributed by atoms with Gasteiger partial charge in [-0.25, -0.2) is 19.3 Å². The van der Waals surface area contributed by atoms with Gasteiger partial charge in [0.25, 0.3) is 5.91 Å². The maximum atomic E-state index is 13.4. The van der Waals surface area contributed by atoms with Crippen LogP contribution >= 0.6 is 0 Å². The molecule has 3 aromatic heterocycles. The van der Waals surface area contributed by atoms with Crippen LogP contribution in [0.25, 0.3) is 5.65 Å². The van der Waals surface area contributed by atoms with E-state index in [1.54, 1.807) is 16.6 Å². The topological polar surface area (TPSA) is 96.2 Å². The number of fused-ring (bicyclic) bond motifs is 1. The van der Waals surface area contributed by atoms with Crippen molar-refractivity contribution in [2.45, 2.75) is 46.0 Å². The SMILES string of the molecule is CCCN(CCCN(C)c1cccc(C(=O)OC)n1)C(=O)c1nc2c(C)cc(N3CC4(CCC4)C3)cn2n1. The fourth-order valence-corrected chi connectivity index (χ4v) is 5.53. The van der Waals surface area contributed by atoms with Crippen molar-refractivity contribution in [3.05, 3.63) is 47.5 Å². The average Bonchev–Trinajstić information content (AvgIpc) is 3.30. The summed E-state index contributed by atoms with van der Waals surface area (Å²) in [6.07, 6.45) is 7.62. The van der Waals surface area contributed by atoms with Gasteiger partial charge in [-0.15, -0.1) is 5.10 Å². The monoisotopic (exact) mass is 519 g/mol. The van der Waals surface area contributed by atoms with Crippen LogP contribution in [-0.4, -0.2) is 83.2 Å². The van der Waals surface area contributed by atoms with Crippen molar-refractivity contribution in [3.63, 3.8) is 0 Å². The minimum Gasteiger partial charge on any atom is -0.464 e. The number of rotatable bonds is 10. The molecule has 0 bridgehead atoms. The standard InChI is InChI=1S/C28H37N7O3/c1-5-13-33(15-8-14-32(3)23-10-6-9-22(29-23)27(37)38-4)26(36)24-30-25-20(2)16-21(17-35(25)31-24)34-18-28(19-34)11-7-12-28/h6,9-10,16-17H,5,7-8,11-15,18-19H2,1-4H3. The zero-order valence-electron chi connectivity index (χ0n) is 22.8. The van der Waals surface area contributed by atoms with E-state index in [2.05, 4.69) is 33.0 Å². The van der Waals surface area contributed by atoms with Crippen molar-refractivity contribution in [3.8, 4) is 0 Å². The maximum absolute atomic E-state index is 13.4. The smallest absolute Gasteiger partial charge is 0.356 e. The van der Waals surface area contributed by atoms with E-state index < -0.39 is 5.97 Å². The second-order valence-electron chi connectivity index (χ2n) is 10.7. The van der Waals surface area contributed by atoms with Crippen molar-refractivity contribution < 1.29 is 14.3 Å². The summed E-state index contributed by atoms with van der Waals surface area (Å²) in [5, 5.41) is 4.60. The lowest BCUT2D eigenvalue weighted by atomic mass is 9.63. The van der Waals surface area contributed by atoms with Gasteiger partial charge < -0.3 is 19.4 Å². The molecule has 1 aliphatic carbocycles. The number of aromatic nitrogens is 4. The van der Waals surface area contributed by atoms with Crippen LogP contribution in [0.15, 0.2) is 30.5 Å². The molecule has 0 unspecified atom stereocenters. The number of anilines is 2. The van der Waals surface area contributed by atoms with Gasteiger partial charge in [-0.05, 0) is 56.4 Å². The minimum absolute atomic E-state index is 0.151. The summed E-state index contributed by atoms with van der Waals surface area (Å²) in [6, 6.07) is 7.43. The Kier molecular flexibility index (Phi) is 7.23. The molecule has 1 aliphatic heterocycles. The maximum Gasteiger partial charge on any atom is 0.356 e. The molecule has 5 rings (SSSR count). The molecule has 10 heteroatoms. The summed E-state index contributed by atoms with van der Waals surface area (Å²) < 4.78 is 6.54. The Bertz CT molecular complexity index is 1330. The lowest BCUT2D eigenvalue weighted by Crippen LogP contribution is -2.59. The molecule has 1 spiro atoms. The number of esters is 1. The molecular formula is C28H37N7O3. The van der Waals surface area contributed by atoms with Gasteiger partial charge in [0.15, 0.2) is 11.3 Å². The Hall–Kier alpha value is -3.69. The number of carbonyl (C=O) groups is 2. The predicted molar refractivity (Wildman–Crippen MR) is 146 cm³/mol. The molecule has 0 N–H and O–H groups in total. The highest BCUT2D eigenvalue weighted by atomic mass is 16.5. The number of carbonyl (C=O) groups excluding carboxylic acids is 2. The molecule has 0 atom stereocenters. The number of nitrogens with zero attached hydrogens (tertiary/aromatic N) is 7. The highest BCUT2D eigenvalue weighted by Crippen LogP contribution is 2.49. The molecule has 38 heavy (non-hydrogen) atoms. The number of methoxy groups -OCH3 is 1. The zero-order chi connectivity index (χ0) is 26.9. The normalized spacial score (nSPS) is 15.7. The van der Waals surface area contributed by atoms with Gasteiger partial charge in [-0.1, -0.05) is 19.4 Å². The number of aryl methyl sites for hydroxylation is 1. The lowest BCUT2D eigenvalue weighted by molar-refractivity contribution is 0.0593. The summed E-state index contributed by atoms with van der Waals surface area (Å²) in [6.45, 7) is 8.19. The van der Waals surface area contributed by atoms with Crippen LogP contribution in [0.1, 0.15) is 65.7 Å². The van der Waals surface area contributed by atoms with Gasteiger partial charge in [0.05, 0.1) is 19.0 Å². The molecule has 0 radical (unpaired) electrons. The molecule has 202 valence electrons. The highest BCUT2D eigenvalue weighted by Gasteiger charge is 2.47. The van der Waals surface area contributed by atoms with Crippen LogP contribution < -0.4 is 9.80 Å². The molecule has 4 heterocycles. The van der Waals surface area contributed by atoms with Gasteiger partial charge in [-0.3, -0.25) is 4.79 Å². The van der Waals surface area contributed by atoms with Crippen LogP contribution in [0.3, 0.4) is 0 Å². The van der Waals surface area contributed by atoms with E-state index in [9.17, 15) is 9.59 Å². The Morgan fingerprint density at radius 1 is 1.13 bits per heavy atom. The number of amides is 1. The Labute approximate surface area is 223 Å². The van der Waals surface area contributed by atoms with Crippen molar-refractivity contribution in [1.82, 2.24) is 24.5 Å². The van der Waals surface area contributed by atoms with Gasteiger partial charge in [0.1, 0.15) is 5.82 Å². The first-order valence-electron chi connectivity index (χ1n) is 13.5. The second-order valence-corrected chi connectivity index (χ2v) is 10.7. The first-order chi connectivity index (χ1) is 18.3. The summed E-state index contributed by atoms with van der Waals surface area (Å²) in [7, 11) is 3.26. The van der Waals surface area contributed by atoms with Gasteiger partial charge in [0, 0.05) is 45.2 Å². The summed E-state index contributed by atoms with van der Waals surface area (Å²) >= 11 is 0. The van der Waals surface area contributed by atoms with Crippen molar-refractivity contribution in [2.75, 3.05) is 56.7 Å². The third-order valence-corrected chi connectivity index (χ3v) is 7.85. The number of hydrogen-bond donors (Lipinski definition) is 0. The molecule has 2 aliphatic rings. The van der Waals surface area contributed by atoms with Crippen LogP contribution in [0.5, 0.6) is 0 Å². The molecule has 1 saturated heterocycles. The molecule has 2 fully saturated rings. The van der Waals surface area contributed by atoms with Gasteiger partial charge in [-0.2, -0.15) is 0 Å². The lowest BCUT2D eigenvalue weighted by Gasteiger charge is -2.57. The number of ether oxygens (including phenoxy) is 1. The Balaban J connectivity index is 1.23. The van der Waals surface area contributed by atoms with E-state index in [1.807, 2.05) is 36.0 Å². The second kappa shape index (κ2) is 10.6. The molecule has 3 aromatic rings. The van der Waals surface area contributed by atoms with E-state index in [0.717, 1.165) is 42.8 Å². The van der Waals surface area contributed by atoms with E-state index >= 15 is 0 Å². The first kappa shape index (κ1) is 25.9. The molecule has 1 amide bonds. The predicted octanol–water partition coefficient (Wildman–Crippen LogP) is 3.59. The highest BCUT2D eigenvalue weighted by molar-refractivity contribution is 5.91. The van der Waals surface area contributed by atoms with E-state index in [0.29, 0.717) is 30.9 Å². The van der Waals surface area contributed by atoms with Crippen molar-refractivity contribution in [2.24, 2.45) is 5.41 Å². The molecular weight excluding hydrogens is 482 g/mol. The van der Waals surface area contributed by atoms with Crippen molar-refractivity contribution >= 4 is 29.0 Å². The first-order valence-corrected chi connectivity index (χ1v) is 13.5. The number of pyridine rings is 2. The average molecular weight is 520 g/mol. The zero-order valence-corrected chi connectivity index (χ0v) is 22.8. The summed E-state index contributed by atoms with van der Waals surface area (Å²) in [5.74, 6) is 0.301. The summed E-state index contributed by atoms with van der Waals surface area (Å²) in [5.41, 5.74) is 3.71. The van der Waals surface area contributed by atoms with Crippen molar-refractivity contribution in [1.29, 1.82) is 0 Å². The van der Waals surface area contributed by atoms with Gasteiger partial charge in [0.2, 0.25) is 5.82 Å². The number of hydrogen-bond acceptors (Lipinski definition) is 8. The van der Waals surface area contributed by atoms with E-state index in [-0.39, 0.29) is 17.4 Å². The Morgan fingerprint density at radius 2 is 1.92 bits per heavy atom. The third-order valence-electron chi connectivity index (χ3n) is 7.85.